The summed E-state index contributed by atoms with van der Waals surface area (Å²) in [5.74, 6) is 0.855. The van der Waals surface area contributed by atoms with Crippen LogP contribution in [0.5, 0.6) is 0 Å². The zero-order valence-electron chi connectivity index (χ0n) is 9.59. The lowest BCUT2D eigenvalue weighted by Gasteiger charge is -2.08. The smallest absolute Gasteiger partial charge is 0.160 e. The molecule has 0 saturated heterocycles. The molecule has 3 aromatic rings. The Bertz CT molecular complexity index is 791. The summed E-state index contributed by atoms with van der Waals surface area (Å²) < 4.78 is 5.01. The number of rotatable bonds is 0. The molecule has 0 aliphatic carbocycles. The van der Waals surface area contributed by atoms with Gasteiger partial charge in [0.15, 0.2) is 11.0 Å². The van der Waals surface area contributed by atoms with Crippen molar-refractivity contribution < 1.29 is 0 Å². The second kappa shape index (κ2) is 4.04. The number of fused-ring (bicyclic) bond motifs is 5. The van der Waals surface area contributed by atoms with E-state index in [-0.39, 0.29) is 0 Å². The minimum Gasteiger partial charge on any atom is -0.299 e. The van der Waals surface area contributed by atoms with Crippen LogP contribution in [0.2, 0.25) is 5.15 Å². The number of hydrogen-bond acceptors (Lipinski definition) is 3. The first-order valence-corrected chi connectivity index (χ1v) is 7.09. The molecule has 3 heterocycles. The molecule has 0 amide bonds. The second-order valence-corrected chi connectivity index (χ2v) is 5.86. The fourth-order valence-electron chi connectivity index (χ4n) is 2.33. The molecule has 2 aromatic heterocycles. The van der Waals surface area contributed by atoms with E-state index in [0.717, 1.165) is 26.3 Å². The minimum atomic E-state index is 0.507. The molecule has 5 nitrogen and oxygen atoms in total. The molecule has 0 spiro atoms. The maximum absolute atomic E-state index is 6.17. The number of nitrogens with zero attached hydrogens (tertiary/aromatic N) is 5. The maximum atomic E-state index is 6.17. The Kier molecular flexibility index (Phi) is 2.43. The van der Waals surface area contributed by atoms with Gasteiger partial charge < -0.3 is 0 Å². The lowest BCUT2D eigenvalue weighted by molar-refractivity contribution is 0.677. The quantitative estimate of drug-likeness (QED) is 0.439. The highest BCUT2D eigenvalue weighted by Gasteiger charge is 2.22. The van der Waals surface area contributed by atoms with Crippen molar-refractivity contribution >= 4 is 34.2 Å². The Balaban J connectivity index is 2.13. The zero-order valence-corrected chi connectivity index (χ0v) is 12.5. The molecule has 7 heteroatoms. The van der Waals surface area contributed by atoms with Crippen LogP contribution in [0.4, 0.5) is 0 Å². The molecule has 0 radical (unpaired) electrons. The van der Waals surface area contributed by atoms with Crippen LogP contribution in [-0.2, 0) is 6.54 Å². The van der Waals surface area contributed by atoms with Gasteiger partial charge in [0.05, 0.1) is 17.9 Å². The minimum absolute atomic E-state index is 0.507. The first-order valence-electron chi connectivity index (χ1n) is 5.64. The molecule has 0 N–H and O–H groups in total. The van der Waals surface area contributed by atoms with Gasteiger partial charge in [0.1, 0.15) is 12.7 Å². The average Bonchev–Trinajstić information content (AvgIpc) is 2.96. The maximum Gasteiger partial charge on any atom is 0.160 e. The summed E-state index contributed by atoms with van der Waals surface area (Å²) in [6, 6.07) is 6.21. The summed E-state index contributed by atoms with van der Waals surface area (Å²) >= 11 is 8.46. The van der Waals surface area contributed by atoms with E-state index in [2.05, 4.69) is 55.9 Å². The molecule has 4 rings (SSSR count). The lowest BCUT2D eigenvalue weighted by atomic mass is 10.1. The van der Waals surface area contributed by atoms with Crippen LogP contribution in [0.1, 0.15) is 5.69 Å². The number of halogens is 2. The van der Waals surface area contributed by atoms with Crippen molar-refractivity contribution in [2.45, 2.75) is 6.54 Å². The van der Waals surface area contributed by atoms with Crippen LogP contribution >= 0.6 is 34.2 Å². The average molecular weight is 384 g/mol. The molecule has 0 saturated carbocycles. The molecule has 0 atom stereocenters. The van der Waals surface area contributed by atoms with E-state index in [1.807, 2.05) is 9.25 Å². The van der Waals surface area contributed by atoms with Gasteiger partial charge in [0.2, 0.25) is 0 Å². The van der Waals surface area contributed by atoms with Crippen LogP contribution in [0.15, 0.2) is 30.9 Å². The standard InChI is InChI=1S/C12H7ClIN5/c13-11-10-4-19-12(15-5-17-19)8-3-7(14)1-2-9(8)18(10)6-16-11/h1-3,5-6H,4H2. The normalized spacial score (nSPS) is 12.5. The Hall–Kier alpha value is -1.41. The summed E-state index contributed by atoms with van der Waals surface area (Å²) in [6.45, 7) is 0.569. The lowest BCUT2D eigenvalue weighted by Crippen LogP contribution is -2.04. The molecule has 0 unspecified atom stereocenters. The zero-order chi connectivity index (χ0) is 13.0. The molecule has 1 aliphatic rings. The van der Waals surface area contributed by atoms with Gasteiger partial charge in [-0.3, -0.25) is 4.57 Å². The van der Waals surface area contributed by atoms with Gasteiger partial charge in [-0.15, -0.1) is 0 Å². The van der Waals surface area contributed by atoms with E-state index in [1.165, 1.54) is 0 Å². The van der Waals surface area contributed by atoms with Crippen molar-refractivity contribution in [3.63, 3.8) is 0 Å². The summed E-state index contributed by atoms with van der Waals surface area (Å²) in [4.78, 5) is 8.55. The summed E-state index contributed by atoms with van der Waals surface area (Å²) in [5, 5.41) is 4.78. The predicted octanol–water partition coefficient (Wildman–Crippen LogP) is 2.75. The van der Waals surface area contributed by atoms with Gasteiger partial charge in [-0.05, 0) is 40.8 Å². The highest BCUT2D eigenvalue weighted by atomic mass is 127. The Morgan fingerprint density at radius 1 is 1.26 bits per heavy atom. The van der Waals surface area contributed by atoms with Crippen LogP contribution in [0.25, 0.3) is 17.1 Å². The third kappa shape index (κ3) is 1.63. The number of benzene rings is 1. The van der Waals surface area contributed by atoms with Crippen molar-refractivity contribution in [3.8, 4) is 17.1 Å². The van der Waals surface area contributed by atoms with Crippen molar-refractivity contribution in [3.05, 3.63) is 45.3 Å². The van der Waals surface area contributed by atoms with E-state index >= 15 is 0 Å². The molecule has 19 heavy (non-hydrogen) atoms. The Morgan fingerprint density at radius 3 is 3.05 bits per heavy atom. The van der Waals surface area contributed by atoms with Crippen molar-refractivity contribution in [2.75, 3.05) is 0 Å². The van der Waals surface area contributed by atoms with Gasteiger partial charge in [-0.25, -0.2) is 14.6 Å². The highest BCUT2D eigenvalue weighted by Crippen LogP contribution is 2.33. The monoisotopic (exact) mass is 383 g/mol. The van der Waals surface area contributed by atoms with E-state index in [4.69, 9.17) is 11.6 Å². The molecular formula is C12H7ClIN5. The fraction of sp³-hybridized carbons (Fsp3) is 0.0833. The van der Waals surface area contributed by atoms with Gasteiger partial charge in [0.25, 0.3) is 0 Å². The summed E-state index contributed by atoms with van der Waals surface area (Å²) in [5.41, 5.74) is 2.99. The number of imidazole rings is 1. The van der Waals surface area contributed by atoms with Gasteiger partial charge in [0, 0.05) is 9.13 Å². The predicted molar refractivity (Wildman–Crippen MR) is 79.4 cm³/mol. The van der Waals surface area contributed by atoms with Crippen LogP contribution in [0.3, 0.4) is 0 Å². The van der Waals surface area contributed by atoms with Crippen LogP contribution in [-0.4, -0.2) is 24.3 Å². The SMILES string of the molecule is Clc1ncn2c1Cn1ncnc1-c1cc(I)ccc1-2. The van der Waals surface area contributed by atoms with Gasteiger partial charge in [-0.2, -0.15) is 5.10 Å². The number of hydrogen-bond donors (Lipinski definition) is 0. The third-order valence-corrected chi connectivity index (χ3v) is 4.18. The van der Waals surface area contributed by atoms with E-state index in [1.54, 1.807) is 12.7 Å². The highest BCUT2D eigenvalue weighted by molar-refractivity contribution is 14.1. The van der Waals surface area contributed by atoms with Crippen molar-refractivity contribution in [1.29, 1.82) is 0 Å². The summed E-state index contributed by atoms with van der Waals surface area (Å²) in [7, 11) is 0. The second-order valence-electron chi connectivity index (χ2n) is 4.25. The largest absolute Gasteiger partial charge is 0.299 e. The third-order valence-electron chi connectivity index (χ3n) is 3.19. The van der Waals surface area contributed by atoms with Crippen LogP contribution in [0, 0.1) is 3.57 Å². The van der Waals surface area contributed by atoms with E-state index in [9.17, 15) is 0 Å². The Morgan fingerprint density at radius 2 is 2.16 bits per heavy atom. The Labute approximate surface area is 127 Å². The van der Waals surface area contributed by atoms with Crippen LogP contribution < -0.4 is 0 Å². The molecule has 0 fully saturated rings. The molecule has 0 bridgehead atoms. The first kappa shape index (κ1) is 11.4. The molecule has 94 valence electrons. The van der Waals surface area contributed by atoms with E-state index in [0.29, 0.717) is 11.7 Å². The topological polar surface area (TPSA) is 48.5 Å². The van der Waals surface area contributed by atoms with Gasteiger partial charge in [-0.1, -0.05) is 11.6 Å². The fourth-order valence-corrected chi connectivity index (χ4v) is 3.01. The summed E-state index contributed by atoms with van der Waals surface area (Å²) in [6.07, 6.45) is 3.31. The molecule has 1 aromatic carbocycles. The molecule has 1 aliphatic heterocycles. The van der Waals surface area contributed by atoms with Gasteiger partial charge >= 0.3 is 0 Å². The van der Waals surface area contributed by atoms with Crippen molar-refractivity contribution in [2.24, 2.45) is 0 Å². The molecular weight excluding hydrogens is 377 g/mol. The number of aromatic nitrogens is 5. The first-order chi connectivity index (χ1) is 9.24. The van der Waals surface area contributed by atoms with Crippen molar-refractivity contribution in [1.82, 2.24) is 24.3 Å². The van der Waals surface area contributed by atoms with E-state index < -0.39 is 0 Å².